The molecule has 0 heterocycles. The molecule has 0 aliphatic carbocycles. The van der Waals surface area contributed by atoms with Gasteiger partial charge >= 0.3 is 0 Å². The van der Waals surface area contributed by atoms with Crippen LogP contribution in [0.15, 0.2) is 60.7 Å². The largest absolute Gasteiger partial charge is 0.366 e. The Morgan fingerprint density at radius 3 is 2.17 bits per heavy atom. The Labute approximate surface area is 134 Å². The summed E-state index contributed by atoms with van der Waals surface area (Å²) in [5, 5.41) is 11.1. The Morgan fingerprint density at radius 1 is 0.870 bits per heavy atom. The Kier molecular flexibility index (Phi) is 3.90. The molecule has 0 aliphatic rings. The van der Waals surface area contributed by atoms with Gasteiger partial charge in [-0.15, -0.1) is 0 Å². The van der Waals surface area contributed by atoms with Crippen molar-refractivity contribution in [2.45, 2.75) is 0 Å². The van der Waals surface area contributed by atoms with E-state index in [9.17, 15) is 4.79 Å². The Hall–Kier alpha value is -3.38. The molecule has 0 fully saturated rings. The third kappa shape index (κ3) is 3.28. The molecule has 0 bridgehead atoms. The van der Waals surface area contributed by atoms with Gasteiger partial charge in [0.15, 0.2) is 0 Å². The van der Waals surface area contributed by atoms with E-state index in [1.54, 1.807) is 12.1 Å². The topological polar surface area (TPSA) is 66.9 Å². The first-order valence-electron chi connectivity index (χ1n) is 7.17. The minimum atomic E-state index is -0.424. The molecule has 3 aromatic rings. The van der Waals surface area contributed by atoms with Gasteiger partial charge in [0.2, 0.25) is 5.91 Å². The number of carbonyl (C=O) groups is 1. The van der Waals surface area contributed by atoms with E-state index >= 15 is 0 Å². The lowest BCUT2D eigenvalue weighted by molar-refractivity contribution is 0.100. The van der Waals surface area contributed by atoms with E-state index in [0.717, 1.165) is 21.9 Å². The van der Waals surface area contributed by atoms with E-state index in [0.29, 0.717) is 11.1 Å². The van der Waals surface area contributed by atoms with Crippen molar-refractivity contribution in [3.63, 3.8) is 0 Å². The highest BCUT2D eigenvalue weighted by atomic mass is 16.1. The number of amides is 1. The van der Waals surface area contributed by atoms with Crippen LogP contribution in [0.2, 0.25) is 0 Å². The number of benzene rings is 3. The average molecular weight is 298 g/mol. The monoisotopic (exact) mass is 298 g/mol. The van der Waals surface area contributed by atoms with E-state index in [1.165, 1.54) is 0 Å². The summed E-state index contributed by atoms with van der Waals surface area (Å²) in [6.45, 7) is 0. The van der Waals surface area contributed by atoms with Gasteiger partial charge in [-0.25, -0.2) is 0 Å². The van der Waals surface area contributed by atoms with Crippen LogP contribution in [0.4, 0.5) is 0 Å². The molecule has 0 aliphatic heterocycles. The van der Waals surface area contributed by atoms with Crippen molar-refractivity contribution in [3.8, 4) is 6.07 Å². The number of hydrogen-bond donors (Lipinski definition) is 1. The lowest BCUT2D eigenvalue weighted by Gasteiger charge is -2.01. The van der Waals surface area contributed by atoms with Crippen LogP contribution >= 0.6 is 0 Å². The third-order valence-electron chi connectivity index (χ3n) is 3.66. The SMILES string of the molecule is N#Cc1ccc2cc(C=Cc3ccc(C(N)=O)cc3)ccc2c1. The number of primary amides is 1. The summed E-state index contributed by atoms with van der Waals surface area (Å²) < 4.78 is 0. The molecule has 0 spiro atoms. The summed E-state index contributed by atoms with van der Waals surface area (Å²) in [5.41, 5.74) is 8.45. The van der Waals surface area contributed by atoms with Crippen LogP contribution < -0.4 is 5.73 Å². The van der Waals surface area contributed by atoms with E-state index in [4.69, 9.17) is 11.0 Å². The van der Waals surface area contributed by atoms with Crippen molar-refractivity contribution in [1.29, 1.82) is 5.26 Å². The molecule has 0 unspecified atom stereocenters. The van der Waals surface area contributed by atoms with Crippen molar-refractivity contribution < 1.29 is 4.79 Å². The number of hydrogen-bond acceptors (Lipinski definition) is 2. The smallest absolute Gasteiger partial charge is 0.248 e. The van der Waals surface area contributed by atoms with Gasteiger partial charge in [0.05, 0.1) is 11.6 Å². The van der Waals surface area contributed by atoms with Crippen LogP contribution in [-0.4, -0.2) is 5.91 Å². The van der Waals surface area contributed by atoms with Gasteiger partial charge in [0.25, 0.3) is 0 Å². The summed E-state index contributed by atoms with van der Waals surface area (Å²) >= 11 is 0. The molecule has 1 amide bonds. The zero-order chi connectivity index (χ0) is 16.2. The predicted octanol–water partition coefficient (Wildman–Crippen LogP) is 3.98. The molecular formula is C20H14N2O. The molecule has 3 nitrogen and oxygen atoms in total. The van der Waals surface area contributed by atoms with Crippen LogP contribution in [0.1, 0.15) is 27.0 Å². The second-order valence-electron chi connectivity index (χ2n) is 5.25. The fraction of sp³-hybridized carbons (Fsp3) is 0. The van der Waals surface area contributed by atoms with Crippen molar-refractivity contribution >= 4 is 28.8 Å². The Morgan fingerprint density at radius 2 is 1.48 bits per heavy atom. The highest BCUT2D eigenvalue weighted by Gasteiger charge is 1.99. The predicted molar refractivity (Wildman–Crippen MR) is 92.6 cm³/mol. The van der Waals surface area contributed by atoms with Crippen molar-refractivity contribution in [1.82, 2.24) is 0 Å². The van der Waals surface area contributed by atoms with Crippen molar-refractivity contribution in [2.75, 3.05) is 0 Å². The molecule has 110 valence electrons. The molecule has 0 saturated heterocycles. The lowest BCUT2D eigenvalue weighted by atomic mass is 10.0. The Bertz CT molecular complexity index is 948. The van der Waals surface area contributed by atoms with Gasteiger partial charge in [0, 0.05) is 5.56 Å². The molecule has 0 radical (unpaired) electrons. The lowest BCUT2D eigenvalue weighted by Crippen LogP contribution is -2.10. The molecule has 3 aromatic carbocycles. The first-order chi connectivity index (χ1) is 11.2. The highest BCUT2D eigenvalue weighted by Crippen LogP contribution is 2.19. The van der Waals surface area contributed by atoms with E-state index in [1.807, 2.05) is 54.6 Å². The fourth-order valence-electron chi connectivity index (χ4n) is 2.39. The number of nitrogens with zero attached hydrogens (tertiary/aromatic N) is 1. The molecular weight excluding hydrogens is 284 g/mol. The Balaban J connectivity index is 1.86. The maximum atomic E-state index is 11.0. The molecule has 3 rings (SSSR count). The van der Waals surface area contributed by atoms with Crippen LogP contribution in [0.3, 0.4) is 0 Å². The minimum Gasteiger partial charge on any atom is -0.366 e. The maximum absolute atomic E-state index is 11.0. The van der Waals surface area contributed by atoms with Gasteiger partial charge in [-0.2, -0.15) is 5.26 Å². The molecule has 23 heavy (non-hydrogen) atoms. The number of fused-ring (bicyclic) bond motifs is 1. The summed E-state index contributed by atoms with van der Waals surface area (Å²) in [6, 6.07) is 21.0. The first-order valence-corrected chi connectivity index (χ1v) is 7.17. The van der Waals surface area contributed by atoms with Gasteiger partial charge in [-0.3, -0.25) is 4.79 Å². The van der Waals surface area contributed by atoms with Gasteiger partial charge < -0.3 is 5.73 Å². The van der Waals surface area contributed by atoms with Gasteiger partial charge in [0.1, 0.15) is 0 Å². The van der Waals surface area contributed by atoms with Crippen molar-refractivity contribution in [2.24, 2.45) is 5.73 Å². The molecule has 0 saturated carbocycles. The van der Waals surface area contributed by atoms with E-state index < -0.39 is 5.91 Å². The summed E-state index contributed by atoms with van der Waals surface area (Å²) in [6.07, 6.45) is 3.99. The maximum Gasteiger partial charge on any atom is 0.248 e. The van der Waals surface area contributed by atoms with Crippen molar-refractivity contribution in [3.05, 3.63) is 82.9 Å². The quantitative estimate of drug-likeness (QED) is 0.743. The molecule has 3 heteroatoms. The summed E-state index contributed by atoms with van der Waals surface area (Å²) in [4.78, 5) is 11.0. The summed E-state index contributed by atoms with van der Waals surface area (Å²) in [7, 11) is 0. The standard InChI is InChI=1S/C20H14N2O/c21-13-16-6-10-18-11-15(5-9-19(18)12-16)2-1-14-3-7-17(8-4-14)20(22)23/h1-12H,(H2,22,23). The third-order valence-corrected chi connectivity index (χ3v) is 3.66. The van der Waals surface area contributed by atoms with E-state index in [-0.39, 0.29) is 0 Å². The average Bonchev–Trinajstić information content (AvgIpc) is 2.59. The number of nitriles is 1. The van der Waals surface area contributed by atoms with Crippen LogP contribution in [0, 0.1) is 11.3 Å². The number of carbonyl (C=O) groups excluding carboxylic acids is 1. The van der Waals surface area contributed by atoms with Gasteiger partial charge in [-0.05, 0) is 52.2 Å². The van der Waals surface area contributed by atoms with Gasteiger partial charge in [-0.1, -0.05) is 42.5 Å². The first kappa shape index (κ1) is 14.6. The highest BCUT2D eigenvalue weighted by molar-refractivity contribution is 5.93. The summed E-state index contributed by atoms with van der Waals surface area (Å²) in [5.74, 6) is -0.424. The van der Waals surface area contributed by atoms with Crippen LogP contribution in [0.5, 0.6) is 0 Å². The van der Waals surface area contributed by atoms with Crippen LogP contribution in [-0.2, 0) is 0 Å². The fourth-order valence-corrected chi connectivity index (χ4v) is 2.39. The van der Waals surface area contributed by atoms with Crippen LogP contribution in [0.25, 0.3) is 22.9 Å². The zero-order valence-corrected chi connectivity index (χ0v) is 12.4. The van der Waals surface area contributed by atoms with E-state index in [2.05, 4.69) is 12.1 Å². The number of nitrogens with two attached hydrogens (primary N) is 1. The molecule has 0 aromatic heterocycles. The molecule has 2 N–H and O–H groups in total. The molecule has 0 atom stereocenters. The second kappa shape index (κ2) is 6.17. The minimum absolute atomic E-state index is 0.424. The second-order valence-corrected chi connectivity index (χ2v) is 5.25. The zero-order valence-electron chi connectivity index (χ0n) is 12.4. The number of rotatable bonds is 3. The normalized spacial score (nSPS) is 10.7.